The minimum Gasteiger partial charge on any atom is -0.312 e. The first-order chi connectivity index (χ1) is 12.2. The molecule has 0 atom stereocenters. The fourth-order valence-electron chi connectivity index (χ4n) is 2.59. The lowest BCUT2D eigenvalue weighted by Gasteiger charge is -2.15. The van der Waals surface area contributed by atoms with Gasteiger partial charge >= 0.3 is 0 Å². The average molecular weight is 333 g/mol. The predicted octanol–water partition coefficient (Wildman–Crippen LogP) is 5.79. The third kappa shape index (κ3) is 6.42. The smallest absolute Gasteiger partial charge is 0.227 e. The summed E-state index contributed by atoms with van der Waals surface area (Å²) >= 11 is 0. The molecule has 0 aromatic heterocycles. The van der Waals surface area contributed by atoms with Gasteiger partial charge in [-0.15, -0.1) is 0 Å². The summed E-state index contributed by atoms with van der Waals surface area (Å²) in [6, 6.07) is 18.4. The molecule has 0 saturated carbocycles. The standard InChI is InChI=1S/C12H14.C11H13NO/c1-2-3-4-6-9-12-10-7-5-8-11-12;1-9-4-6-10(7-5-9)12-8-2-3-11(12)13/h3-11H,2H2,1H3;4-7H,2-3,8H2,1H3/b4-3+,9-6+;. The maximum Gasteiger partial charge on any atom is 0.227 e. The minimum atomic E-state index is 0.254. The summed E-state index contributed by atoms with van der Waals surface area (Å²) < 4.78 is 0. The van der Waals surface area contributed by atoms with Crippen LogP contribution in [0.15, 0.2) is 72.8 Å². The molecule has 1 saturated heterocycles. The van der Waals surface area contributed by atoms with Gasteiger partial charge in [0.25, 0.3) is 0 Å². The number of allylic oxidation sites excluding steroid dienone is 3. The fourth-order valence-corrected chi connectivity index (χ4v) is 2.59. The molecule has 1 amide bonds. The Morgan fingerprint density at radius 2 is 1.72 bits per heavy atom. The van der Waals surface area contributed by atoms with Crippen molar-refractivity contribution in [1.82, 2.24) is 0 Å². The van der Waals surface area contributed by atoms with Crippen molar-refractivity contribution in [3.05, 3.63) is 84.0 Å². The van der Waals surface area contributed by atoms with E-state index in [2.05, 4.69) is 50.3 Å². The zero-order valence-electron chi connectivity index (χ0n) is 15.2. The van der Waals surface area contributed by atoms with Crippen LogP contribution in [0, 0.1) is 6.92 Å². The lowest BCUT2D eigenvalue weighted by atomic mass is 10.2. The van der Waals surface area contributed by atoms with Gasteiger partial charge in [-0.25, -0.2) is 0 Å². The van der Waals surface area contributed by atoms with E-state index >= 15 is 0 Å². The van der Waals surface area contributed by atoms with Gasteiger partial charge in [-0.1, -0.05) is 79.3 Å². The summed E-state index contributed by atoms with van der Waals surface area (Å²) in [6.07, 6.45) is 11.2. The molecule has 1 fully saturated rings. The molecular formula is C23H27NO. The van der Waals surface area contributed by atoms with E-state index in [9.17, 15) is 4.79 Å². The Balaban J connectivity index is 0.000000181. The highest BCUT2D eigenvalue weighted by Gasteiger charge is 2.20. The van der Waals surface area contributed by atoms with Crippen LogP contribution < -0.4 is 4.90 Å². The average Bonchev–Trinajstić information content (AvgIpc) is 3.07. The molecule has 3 rings (SSSR count). The van der Waals surface area contributed by atoms with Gasteiger partial charge in [0.05, 0.1) is 0 Å². The van der Waals surface area contributed by atoms with Crippen LogP contribution in [0.3, 0.4) is 0 Å². The molecule has 130 valence electrons. The lowest BCUT2D eigenvalue weighted by molar-refractivity contribution is -0.117. The number of anilines is 1. The number of benzene rings is 2. The summed E-state index contributed by atoms with van der Waals surface area (Å²) in [5.41, 5.74) is 3.52. The van der Waals surface area contributed by atoms with Gasteiger partial charge in [0.15, 0.2) is 0 Å². The SMILES string of the molecule is CC/C=C/C=C/c1ccccc1.Cc1ccc(N2CCCC2=O)cc1. The monoisotopic (exact) mass is 333 g/mol. The van der Waals surface area contributed by atoms with Gasteiger partial charge in [-0.05, 0) is 37.5 Å². The number of hydrogen-bond donors (Lipinski definition) is 0. The second kappa shape index (κ2) is 10.3. The molecular weight excluding hydrogens is 306 g/mol. The molecule has 0 bridgehead atoms. The quantitative estimate of drug-likeness (QED) is 0.649. The normalized spacial score (nSPS) is 14.2. The van der Waals surface area contributed by atoms with Crippen LogP contribution in [-0.4, -0.2) is 12.5 Å². The van der Waals surface area contributed by atoms with Gasteiger partial charge in [-0.3, -0.25) is 4.79 Å². The molecule has 0 N–H and O–H groups in total. The topological polar surface area (TPSA) is 20.3 Å². The zero-order valence-corrected chi connectivity index (χ0v) is 15.2. The van der Waals surface area contributed by atoms with Crippen molar-refractivity contribution < 1.29 is 4.79 Å². The first-order valence-corrected chi connectivity index (χ1v) is 8.96. The first kappa shape index (κ1) is 18.7. The van der Waals surface area contributed by atoms with Crippen molar-refractivity contribution in [1.29, 1.82) is 0 Å². The van der Waals surface area contributed by atoms with Crippen molar-refractivity contribution in [2.45, 2.75) is 33.1 Å². The molecule has 2 nitrogen and oxygen atoms in total. The molecule has 0 spiro atoms. The van der Waals surface area contributed by atoms with E-state index in [1.165, 1.54) is 11.1 Å². The van der Waals surface area contributed by atoms with Crippen LogP contribution in [0.5, 0.6) is 0 Å². The van der Waals surface area contributed by atoms with Crippen molar-refractivity contribution in [3.8, 4) is 0 Å². The predicted molar refractivity (Wildman–Crippen MR) is 108 cm³/mol. The number of amides is 1. The van der Waals surface area contributed by atoms with Crippen LogP contribution >= 0.6 is 0 Å². The van der Waals surface area contributed by atoms with Crippen molar-refractivity contribution in [2.24, 2.45) is 0 Å². The minimum absolute atomic E-state index is 0.254. The van der Waals surface area contributed by atoms with Crippen LogP contribution in [0.1, 0.15) is 37.3 Å². The summed E-state index contributed by atoms with van der Waals surface area (Å²) in [5, 5.41) is 0. The van der Waals surface area contributed by atoms with E-state index < -0.39 is 0 Å². The Labute approximate surface area is 151 Å². The number of carbonyl (C=O) groups excluding carboxylic acids is 1. The first-order valence-electron chi connectivity index (χ1n) is 8.96. The van der Waals surface area contributed by atoms with Gasteiger partial charge in [0, 0.05) is 18.7 Å². The Bertz CT molecular complexity index is 699. The molecule has 1 aliphatic rings. The highest BCUT2D eigenvalue weighted by Crippen LogP contribution is 2.21. The maximum atomic E-state index is 11.4. The third-order valence-corrected chi connectivity index (χ3v) is 3.99. The van der Waals surface area contributed by atoms with E-state index in [1.807, 2.05) is 47.4 Å². The van der Waals surface area contributed by atoms with Gasteiger partial charge in [-0.2, -0.15) is 0 Å². The number of nitrogens with zero attached hydrogens (tertiary/aromatic N) is 1. The second-order valence-electron chi connectivity index (χ2n) is 6.09. The number of hydrogen-bond acceptors (Lipinski definition) is 1. The molecule has 1 aliphatic heterocycles. The summed E-state index contributed by atoms with van der Waals surface area (Å²) in [7, 11) is 0. The van der Waals surface area contributed by atoms with E-state index in [4.69, 9.17) is 0 Å². The Morgan fingerprint density at radius 1 is 1.00 bits per heavy atom. The van der Waals surface area contributed by atoms with Crippen LogP contribution in [0.25, 0.3) is 6.08 Å². The summed E-state index contributed by atoms with van der Waals surface area (Å²) in [5.74, 6) is 0.254. The van der Waals surface area contributed by atoms with Crippen molar-refractivity contribution in [3.63, 3.8) is 0 Å². The van der Waals surface area contributed by atoms with Crippen molar-refractivity contribution in [2.75, 3.05) is 11.4 Å². The number of aryl methyl sites for hydroxylation is 1. The molecule has 2 aromatic rings. The fraction of sp³-hybridized carbons (Fsp3) is 0.261. The Kier molecular flexibility index (Phi) is 7.71. The second-order valence-corrected chi connectivity index (χ2v) is 6.09. The summed E-state index contributed by atoms with van der Waals surface area (Å²) in [6.45, 7) is 5.06. The van der Waals surface area contributed by atoms with E-state index in [-0.39, 0.29) is 5.91 Å². The van der Waals surface area contributed by atoms with Crippen molar-refractivity contribution >= 4 is 17.7 Å². The zero-order chi connectivity index (χ0) is 17.9. The molecule has 2 aromatic carbocycles. The molecule has 0 radical (unpaired) electrons. The lowest BCUT2D eigenvalue weighted by Crippen LogP contribution is -2.23. The molecule has 25 heavy (non-hydrogen) atoms. The van der Waals surface area contributed by atoms with Gasteiger partial charge in [0.2, 0.25) is 5.91 Å². The highest BCUT2D eigenvalue weighted by atomic mass is 16.2. The molecule has 1 heterocycles. The van der Waals surface area contributed by atoms with Crippen LogP contribution in [0.4, 0.5) is 5.69 Å². The van der Waals surface area contributed by atoms with Crippen LogP contribution in [-0.2, 0) is 4.79 Å². The summed E-state index contributed by atoms with van der Waals surface area (Å²) in [4.78, 5) is 13.2. The highest BCUT2D eigenvalue weighted by molar-refractivity contribution is 5.95. The van der Waals surface area contributed by atoms with Gasteiger partial charge in [0.1, 0.15) is 0 Å². The van der Waals surface area contributed by atoms with Crippen LogP contribution in [0.2, 0.25) is 0 Å². The molecule has 0 aliphatic carbocycles. The molecule has 0 unspecified atom stereocenters. The number of carbonyl (C=O) groups is 1. The van der Waals surface area contributed by atoms with E-state index in [0.29, 0.717) is 6.42 Å². The van der Waals surface area contributed by atoms with Gasteiger partial charge < -0.3 is 4.90 Å². The van der Waals surface area contributed by atoms with E-state index in [1.54, 1.807) is 0 Å². The van der Waals surface area contributed by atoms with E-state index in [0.717, 1.165) is 25.1 Å². The Hall–Kier alpha value is -2.61. The Morgan fingerprint density at radius 3 is 2.32 bits per heavy atom. The number of rotatable bonds is 4. The third-order valence-electron chi connectivity index (χ3n) is 3.99. The maximum absolute atomic E-state index is 11.4. The molecule has 2 heteroatoms. The largest absolute Gasteiger partial charge is 0.312 e.